The number of rotatable bonds is 2. The minimum absolute atomic E-state index is 0.0745. The molecule has 0 atom stereocenters. The van der Waals surface area contributed by atoms with Crippen LogP contribution in [-0.4, -0.2) is 21.8 Å². The minimum atomic E-state index is -3.96. The molecule has 0 bridgehead atoms. The third kappa shape index (κ3) is 2.23. The highest BCUT2D eigenvalue weighted by molar-refractivity contribution is 7.90. The van der Waals surface area contributed by atoms with E-state index >= 15 is 0 Å². The van der Waals surface area contributed by atoms with Gasteiger partial charge in [-0.3, -0.25) is 4.79 Å². The second-order valence-corrected chi connectivity index (χ2v) is 8.43. The quantitative estimate of drug-likeness (QED) is 0.464. The summed E-state index contributed by atoms with van der Waals surface area (Å²) in [6.45, 7) is 1.89. The highest BCUT2D eigenvalue weighted by Gasteiger charge is 2.25. The van der Waals surface area contributed by atoms with E-state index in [0.29, 0.717) is 21.9 Å². The Hall–Kier alpha value is -3.45. The Morgan fingerprint density at radius 2 is 1.46 bits per heavy atom. The number of benzene rings is 3. The van der Waals surface area contributed by atoms with Gasteiger partial charge in [-0.05, 0) is 43.3 Å². The first-order chi connectivity index (χ1) is 13.5. The predicted octanol–water partition coefficient (Wildman–Crippen LogP) is 3.35. The molecule has 0 amide bonds. The Labute approximate surface area is 160 Å². The minimum Gasteiger partial charge on any atom is -0.268 e. The summed E-state index contributed by atoms with van der Waals surface area (Å²) in [7, 11) is -3.96. The van der Waals surface area contributed by atoms with Crippen molar-refractivity contribution >= 4 is 37.7 Å². The average molecular weight is 389 g/mol. The Bertz CT molecular complexity index is 1550. The second-order valence-electron chi connectivity index (χ2n) is 6.64. The Morgan fingerprint density at radius 3 is 2.21 bits per heavy atom. The molecule has 0 saturated heterocycles. The maximum absolute atomic E-state index is 13.5. The molecule has 5 rings (SSSR count). The highest BCUT2D eigenvalue weighted by atomic mass is 32.2. The first-order valence-corrected chi connectivity index (χ1v) is 10.2. The van der Waals surface area contributed by atoms with Crippen molar-refractivity contribution in [3.05, 3.63) is 88.7 Å². The van der Waals surface area contributed by atoms with E-state index in [1.165, 1.54) is 4.40 Å². The number of fused-ring (bicyclic) bond motifs is 4. The van der Waals surface area contributed by atoms with Crippen LogP contribution in [0.4, 0.5) is 0 Å². The third-order valence-corrected chi connectivity index (χ3v) is 6.55. The molecule has 7 heteroatoms. The van der Waals surface area contributed by atoms with E-state index in [9.17, 15) is 13.2 Å². The van der Waals surface area contributed by atoms with Crippen LogP contribution in [0.25, 0.3) is 27.7 Å². The molecule has 5 aromatic rings. The van der Waals surface area contributed by atoms with E-state index in [1.54, 1.807) is 72.8 Å². The van der Waals surface area contributed by atoms with E-state index in [1.807, 2.05) is 6.92 Å². The molecule has 2 heterocycles. The Balaban J connectivity index is 2.01. The summed E-state index contributed by atoms with van der Waals surface area (Å²) in [6, 6.07) is 20.5. The molecule has 0 aliphatic carbocycles. The zero-order valence-corrected chi connectivity index (χ0v) is 15.7. The summed E-state index contributed by atoms with van der Waals surface area (Å²) < 4.78 is 29.5. The van der Waals surface area contributed by atoms with Crippen LogP contribution >= 0.6 is 0 Å². The van der Waals surface area contributed by atoms with Gasteiger partial charge < -0.3 is 0 Å². The number of hydrogen-bond acceptors (Lipinski definition) is 4. The lowest BCUT2D eigenvalue weighted by atomic mass is 10.2. The van der Waals surface area contributed by atoms with Crippen molar-refractivity contribution in [2.24, 2.45) is 0 Å². The van der Waals surface area contributed by atoms with Gasteiger partial charge in [0, 0.05) is 0 Å². The van der Waals surface area contributed by atoms with E-state index in [4.69, 9.17) is 0 Å². The number of imidazole rings is 1. The molecule has 0 N–H and O–H groups in total. The van der Waals surface area contributed by atoms with Gasteiger partial charge in [-0.2, -0.15) is 3.97 Å². The van der Waals surface area contributed by atoms with E-state index in [0.717, 1.165) is 9.54 Å². The number of hydrogen-bond donors (Lipinski definition) is 0. The predicted molar refractivity (Wildman–Crippen MR) is 108 cm³/mol. The fourth-order valence-corrected chi connectivity index (χ4v) is 4.90. The topological polar surface area (TPSA) is 73.4 Å². The maximum Gasteiger partial charge on any atom is 0.271 e. The van der Waals surface area contributed by atoms with E-state index in [-0.39, 0.29) is 16.2 Å². The van der Waals surface area contributed by atoms with Crippen molar-refractivity contribution in [2.75, 3.05) is 0 Å². The summed E-state index contributed by atoms with van der Waals surface area (Å²) in [5, 5.41) is 0.440. The van der Waals surface area contributed by atoms with Crippen molar-refractivity contribution < 1.29 is 8.42 Å². The van der Waals surface area contributed by atoms with E-state index < -0.39 is 10.0 Å². The fourth-order valence-electron chi connectivity index (χ4n) is 3.46. The Morgan fingerprint density at radius 1 is 0.821 bits per heavy atom. The second kappa shape index (κ2) is 5.77. The van der Waals surface area contributed by atoms with Gasteiger partial charge in [0.25, 0.3) is 15.6 Å². The number of aromatic nitrogens is 3. The zero-order valence-electron chi connectivity index (χ0n) is 14.9. The van der Waals surface area contributed by atoms with Crippen LogP contribution < -0.4 is 5.56 Å². The molecule has 3 aromatic carbocycles. The van der Waals surface area contributed by atoms with E-state index in [2.05, 4.69) is 4.98 Å². The van der Waals surface area contributed by atoms with Crippen LogP contribution in [-0.2, 0) is 10.0 Å². The summed E-state index contributed by atoms with van der Waals surface area (Å²) in [5.74, 6) is 0.0745. The largest absolute Gasteiger partial charge is 0.271 e. The molecular formula is C21H15N3O3S. The zero-order chi connectivity index (χ0) is 19.5. The van der Waals surface area contributed by atoms with Crippen molar-refractivity contribution in [3.8, 4) is 0 Å². The van der Waals surface area contributed by atoms with Gasteiger partial charge in [-0.25, -0.2) is 17.8 Å². The van der Waals surface area contributed by atoms with Gasteiger partial charge >= 0.3 is 0 Å². The van der Waals surface area contributed by atoms with Crippen LogP contribution in [0.15, 0.2) is 82.5 Å². The molecule has 0 aliphatic heterocycles. The van der Waals surface area contributed by atoms with Gasteiger partial charge in [0.05, 0.1) is 26.8 Å². The Kier molecular flexibility index (Phi) is 3.44. The molecule has 6 nitrogen and oxygen atoms in total. The van der Waals surface area contributed by atoms with Crippen molar-refractivity contribution in [3.63, 3.8) is 0 Å². The SMILES string of the molecule is Cc1ccc(S(=O)(=O)n2c3ccccc3n3c(=O)c4ccccc4nc23)cc1. The number of nitrogens with zero attached hydrogens (tertiary/aromatic N) is 3. The fraction of sp³-hybridized carbons (Fsp3) is 0.0476. The van der Waals surface area contributed by atoms with Crippen molar-refractivity contribution in [1.82, 2.24) is 13.4 Å². The number of aryl methyl sites for hydroxylation is 1. The lowest BCUT2D eigenvalue weighted by Crippen LogP contribution is -2.18. The lowest BCUT2D eigenvalue weighted by Gasteiger charge is -2.08. The lowest BCUT2D eigenvalue weighted by molar-refractivity contribution is 0.590. The van der Waals surface area contributed by atoms with Crippen molar-refractivity contribution in [2.45, 2.75) is 11.8 Å². The van der Waals surface area contributed by atoms with Crippen molar-refractivity contribution in [1.29, 1.82) is 0 Å². The molecule has 138 valence electrons. The van der Waals surface area contributed by atoms with Gasteiger partial charge in [0.1, 0.15) is 0 Å². The molecule has 0 fully saturated rings. The molecule has 0 saturated carbocycles. The molecule has 2 aromatic heterocycles. The first kappa shape index (κ1) is 16.7. The smallest absolute Gasteiger partial charge is 0.268 e. The molecule has 0 spiro atoms. The third-order valence-electron chi connectivity index (χ3n) is 4.84. The standard InChI is InChI=1S/C21H15N3O3S/c1-14-10-12-15(13-11-14)28(26,27)24-19-9-5-4-8-18(19)23-20(25)16-6-2-3-7-17(16)22-21(23)24/h2-13H,1H3. The summed E-state index contributed by atoms with van der Waals surface area (Å²) in [5.41, 5.74) is 2.02. The van der Waals surface area contributed by atoms with Crippen LogP contribution in [0.2, 0.25) is 0 Å². The number of para-hydroxylation sites is 3. The molecule has 0 radical (unpaired) electrons. The average Bonchev–Trinajstić information content (AvgIpc) is 3.03. The summed E-state index contributed by atoms with van der Waals surface area (Å²) in [6.07, 6.45) is 0. The molecule has 0 unspecified atom stereocenters. The molecule has 28 heavy (non-hydrogen) atoms. The summed E-state index contributed by atoms with van der Waals surface area (Å²) >= 11 is 0. The molecular weight excluding hydrogens is 374 g/mol. The van der Waals surface area contributed by atoms with Crippen LogP contribution in [0, 0.1) is 6.92 Å². The normalized spacial score (nSPS) is 12.2. The van der Waals surface area contributed by atoms with Crippen LogP contribution in [0.1, 0.15) is 5.56 Å². The van der Waals surface area contributed by atoms with Crippen LogP contribution in [0.3, 0.4) is 0 Å². The summed E-state index contributed by atoms with van der Waals surface area (Å²) in [4.78, 5) is 17.8. The van der Waals surface area contributed by atoms with Gasteiger partial charge in [0.15, 0.2) is 0 Å². The highest BCUT2D eigenvalue weighted by Crippen LogP contribution is 2.25. The maximum atomic E-state index is 13.5. The van der Waals surface area contributed by atoms with Gasteiger partial charge in [0.2, 0.25) is 5.78 Å². The first-order valence-electron chi connectivity index (χ1n) is 8.72. The van der Waals surface area contributed by atoms with Gasteiger partial charge in [-0.15, -0.1) is 0 Å². The monoisotopic (exact) mass is 389 g/mol. The van der Waals surface area contributed by atoms with Gasteiger partial charge in [-0.1, -0.05) is 42.0 Å². The van der Waals surface area contributed by atoms with Crippen LogP contribution in [0.5, 0.6) is 0 Å². The molecule has 0 aliphatic rings.